The summed E-state index contributed by atoms with van der Waals surface area (Å²) in [6.45, 7) is 3.66. The van der Waals surface area contributed by atoms with Crippen molar-refractivity contribution in [3.05, 3.63) is 70.2 Å². The molecule has 0 aliphatic carbocycles. The van der Waals surface area contributed by atoms with Crippen molar-refractivity contribution in [2.75, 3.05) is 19.5 Å². The quantitative estimate of drug-likeness (QED) is 0.304. The summed E-state index contributed by atoms with van der Waals surface area (Å²) >= 11 is 1.24. The van der Waals surface area contributed by atoms with Crippen LogP contribution in [0.4, 0.5) is 4.79 Å². The predicted molar refractivity (Wildman–Crippen MR) is 129 cm³/mol. The molecule has 1 aliphatic rings. The number of carbonyl (C=O) groups is 2. The second-order valence-electron chi connectivity index (χ2n) is 7.47. The Hall–Kier alpha value is -3.79. The lowest BCUT2D eigenvalue weighted by Crippen LogP contribution is -2.49. The highest BCUT2D eigenvalue weighted by atomic mass is 32.2. The molecule has 1 aliphatic heterocycles. The van der Waals surface area contributed by atoms with Gasteiger partial charge in [-0.15, -0.1) is 0 Å². The zero-order chi connectivity index (χ0) is 24.2. The minimum atomic E-state index is -0.517. The number of ether oxygens (including phenoxy) is 2. The van der Waals surface area contributed by atoms with Crippen molar-refractivity contribution in [3.63, 3.8) is 0 Å². The number of nitrogens with zero attached hydrogens (tertiary/aromatic N) is 2. The Labute approximate surface area is 200 Å². The number of methoxy groups -OCH3 is 1. The molecule has 0 spiro atoms. The van der Waals surface area contributed by atoms with Gasteiger partial charge >= 0.3 is 12.0 Å². The molecule has 2 aromatic carbocycles. The fraction of sp³-hybridized carbons (Fsp3) is 0.250. The molecule has 0 unspecified atom stereocenters. The third-order valence-electron chi connectivity index (χ3n) is 5.29. The third kappa shape index (κ3) is 4.62. The smallest absolute Gasteiger partial charge is 0.337 e. The second-order valence-corrected chi connectivity index (χ2v) is 8.41. The van der Waals surface area contributed by atoms with Crippen molar-refractivity contribution in [2.45, 2.75) is 25.0 Å². The van der Waals surface area contributed by atoms with Gasteiger partial charge in [-0.05, 0) is 50.2 Å². The first kappa shape index (κ1) is 23.4. The summed E-state index contributed by atoms with van der Waals surface area (Å²) < 4.78 is 11.9. The SMILES string of the molecule is CCOC(=O)C1=C(CSc2nc3ccccc3c(=O)n2-c2ccc(OC)cc2)NC(=O)N[C@H]1C. The van der Waals surface area contributed by atoms with Gasteiger partial charge in [0, 0.05) is 11.4 Å². The van der Waals surface area contributed by atoms with E-state index in [0.717, 1.165) is 0 Å². The monoisotopic (exact) mass is 480 g/mol. The Morgan fingerprint density at radius 1 is 1.15 bits per heavy atom. The van der Waals surface area contributed by atoms with Crippen molar-refractivity contribution < 1.29 is 19.1 Å². The van der Waals surface area contributed by atoms with E-state index in [9.17, 15) is 14.4 Å². The molecule has 10 heteroatoms. The Balaban J connectivity index is 1.79. The van der Waals surface area contributed by atoms with Gasteiger partial charge in [0.05, 0.1) is 41.9 Å². The summed E-state index contributed by atoms with van der Waals surface area (Å²) in [5, 5.41) is 6.29. The molecular formula is C24H24N4O5S. The third-order valence-corrected chi connectivity index (χ3v) is 6.25. The molecule has 1 aromatic heterocycles. The van der Waals surface area contributed by atoms with Gasteiger partial charge in [0.25, 0.3) is 5.56 Å². The van der Waals surface area contributed by atoms with E-state index in [1.54, 1.807) is 63.4 Å². The highest BCUT2D eigenvalue weighted by Gasteiger charge is 2.30. The number of benzene rings is 2. The maximum atomic E-state index is 13.4. The molecule has 1 atom stereocenters. The Morgan fingerprint density at radius 2 is 1.88 bits per heavy atom. The molecule has 9 nitrogen and oxygen atoms in total. The first-order valence-electron chi connectivity index (χ1n) is 10.7. The molecular weight excluding hydrogens is 456 g/mol. The van der Waals surface area contributed by atoms with Crippen LogP contribution in [-0.4, -0.2) is 47.1 Å². The van der Waals surface area contributed by atoms with Gasteiger partial charge in [-0.3, -0.25) is 9.36 Å². The van der Waals surface area contributed by atoms with Crippen molar-refractivity contribution in [1.82, 2.24) is 20.2 Å². The Morgan fingerprint density at radius 3 is 2.59 bits per heavy atom. The Bertz CT molecular complexity index is 1330. The predicted octanol–water partition coefficient (Wildman–Crippen LogP) is 3.00. The van der Waals surface area contributed by atoms with E-state index in [-0.39, 0.29) is 17.9 Å². The van der Waals surface area contributed by atoms with E-state index < -0.39 is 18.0 Å². The Kier molecular flexibility index (Phi) is 6.87. The van der Waals surface area contributed by atoms with E-state index >= 15 is 0 Å². The lowest BCUT2D eigenvalue weighted by Gasteiger charge is -2.26. The van der Waals surface area contributed by atoms with Crippen LogP contribution in [-0.2, 0) is 9.53 Å². The summed E-state index contributed by atoms with van der Waals surface area (Å²) in [4.78, 5) is 42.8. The van der Waals surface area contributed by atoms with Crippen molar-refractivity contribution in [2.24, 2.45) is 0 Å². The number of amides is 2. The molecule has 176 valence electrons. The molecule has 2 heterocycles. The highest BCUT2D eigenvalue weighted by Crippen LogP contribution is 2.26. The molecule has 0 saturated heterocycles. The second kappa shape index (κ2) is 10.0. The minimum absolute atomic E-state index is 0.201. The van der Waals surface area contributed by atoms with Crippen LogP contribution in [0.1, 0.15) is 13.8 Å². The average molecular weight is 481 g/mol. The van der Waals surface area contributed by atoms with Crippen LogP contribution in [0, 0.1) is 0 Å². The minimum Gasteiger partial charge on any atom is -0.497 e. The first-order chi connectivity index (χ1) is 16.4. The lowest BCUT2D eigenvalue weighted by atomic mass is 10.1. The van der Waals surface area contributed by atoms with Crippen molar-refractivity contribution >= 4 is 34.7 Å². The maximum Gasteiger partial charge on any atom is 0.337 e. The molecule has 0 bridgehead atoms. The molecule has 4 rings (SSSR count). The van der Waals surface area contributed by atoms with E-state index in [1.165, 1.54) is 16.3 Å². The number of hydrogen-bond acceptors (Lipinski definition) is 7. The topological polar surface area (TPSA) is 112 Å². The van der Waals surface area contributed by atoms with E-state index in [1.807, 2.05) is 6.07 Å². The van der Waals surface area contributed by atoms with E-state index in [2.05, 4.69) is 10.6 Å². The number of nitrogens with one attached hydrogen (secondary N) is 2. The number of aromatic nitrogens is 2. The van der Waals surface area contributed by atoms with Crippen LogP contribution in [0.25, 0.3) is 16.6 Å². The summed E-state index contributed by atoms with van der Waals surface area (Å²) in [6, 6.07) is 13.3. The van der Waals surface area contributed by atoms with E-state index in [0.29, 0.717) is 38.8 Å². The van der Waals surface area contributed by atoms with Crippen LogP contribution in [0.5, 0.6) is 5.75 Å². The molecule has 3 aromatic rings. The molecule has 0 saturated carbocycles. The normalized spacial score (nSPS) is 15.6. The van der Waals surface area contributed by atoms with Crippen LogP contribution < -0.4 is 20.9 Å². The highest BCUT2D eigenvalue weighted by molar-refractivity contribution is 7.99. The van der Waals surface area contributed by atoms with Gasteiger partial charge < -0.3 is 20.1 Å². The van der Waals surface area contributed by atoms with Crippen molar-refractivity contribution in [1.29, 1.82) is 0 Å². The van der Waals surface area contributed by atoms with Crippen molar-refractivity contribution in [3.8, 4) is 11.4 Å². The number of thioether (sulfide) groups is 1. The molecule has 0 radical (unpaired) electrons. The van der Waals surface area contributed by atoms with Gasteiger partial charge in [0.15, 0.2) is 5.16 Å². The number of hydrogen-bond donors (Lipinski definition) is 2. The van der Waals surface area contributed by atoms with E-state index in [4.69, 9.17) is 14.5 Å². The average Bonchev–Trinajstić information content (AvgIpc) is 2.82. The van der Waals surface area contributed by atoms with Gasteiger partial charge in [0.1, 0.15) is 5.75 Å². The molecule has 2 amide bonds. The number of carbonyl (C=O) groups excluding carboxylic acids is 2. The maximum absolute atomic E-state index is 13.4. The molecule has 2 N–H and O–H groups in total. The number of rotatable bonds is 7. The fourth-order valence-electron chi connectivity index (χ4n) is 3.70. The van der Waals surface area contributed by atoms with Crippen LogP contribution >= 0.6 is 11.8 Å². The number of fused-ring (bicyclic) bond motifs is 1. The standard InChI is InChI=1S/C24H24N4O5S/c1-4-33-22(30)20-14(2)25-23(31)26-19(20)13-34-24-27-18-8-6-5-7-17(18)21(29)28(24)15-9-11-16(32-3)12-10-15/h5-12,14H,4,13H2,1-3H3,(H2,25,26,31)/t14-/m0/s1. The number of esters is 1. The molecule has 0 fully saturated rings. The van der Waals surface area contributed by atoms with Gasteiger partial charge in [0.2, 0.25) is 0 Å². The zero-order valence-corrected chi connectivity index (χ0v) is 19.8. The van der Waals surface area contributed by atoms with Crippen LogP contribution in [0.15, 0.2) is 69.8 Å². The van der Waals surface area contributed by atoms with Gasteiger partial charge in [-0.2, -0.15) is 0 Å². The summed E-state index contributed by atoms with van der Waals surface area (Å²) in [5.74, 6) is 0.361. The van der Waals surface area contributed by atoms with Gasteiger partial charge in [-0.25, -0.2) is 14.6 Å². The van der Waals surface area contributed by atoms with Crippen LogP contribution in [0.2, 0.25) is 0 Å². The summed E-state index contributed by atoms with van der Waals surface area (Å²) in [7, 11) is 1.57. The summed E-state index contributed by atoms with van der Waals surface area (Å²) in [6.07, 6.45) is 0. The first-order valence-corrected chi connectivity index (χ1v) is 11.7. The molecule has 34 heavy (non-hydrogen) atoms. The van der Waals surface area contributed by atoms with Gasteiger partial charge in [-0.1, -0.05) is 23.9 Å². The number of urea groups is 1. The zero-order valence-electron chi connectivity index (χ0n) is 19.0. The van der Waals surface area contributed by atoms with Crippen LogP contribution in [0.3, 0.4) is 0 Å². The number of para-hydroxylation sites is 1. The largest absolute Gasteiger partial charge is 0.497 e. The lowest BCUT2D eigenvalue weighted by molar-refractivity contribution is -0.138. The summed E-state index contributed by atoms with van der Waals surface area (Å²) in [5.41, 5.74) is 1.72. The fourth-order valence-corrected chi connectivity index (χ4v) is 4.68.